The summed E-state index contributed by atoms with van der Waals surface area (Å²) < 4.78 is 27.4. The summed E-state index contributed by atoms with van der Waals surface area (Å²) in [7, 11) is -3.81. The van der Waals surface area contributed by atoms with Crippen LogP contribution in [0.1, 0.15) is 6.42 Å². The van der Waals surface area contributed by atoms with E-state index in [0.717, 1.165) is 0 Å². The highest BCUT2D eigenvalue weighted by molar-refractivity contribution is 8.00. The summed E-state index contributed by atoms with van der Waals surface area (Å²) in [5.41, 5.74) is 5.88. The largest absolute Gasteiger partial charge is 0.326 e. The van der Waals surface area contributed by atoms with Gasteiger partial charge in [-0.05, 0) is 48.0 Å². The molecule has 1 aliphatic heterocycles. The Kier molecular flexibility index (Phi) is 5.91. The van der Waals surface area contributed by atoms with Gasteiger partial charge in [-0.3, -0.25) is 0 Å². The molecule has 10 heteroatoms. The van der Waals surface area contributed by atoms with Crippen molar-refractivity contribution in [2.24, 2.45) is 10.9 Å². The Morgan fingerprint density at radius 2 is 1.85 bits per heavy atom. The molecular formula is C16H15Cl2N3O3S2. The first-order chi connectivity index (χ1) is 12.3. The van der Waals surface area contributed by atoms with Gasteiger partial charge in [-0.15, -0.1) is 4.91 Å². The molecule has 2 aromatic carbocycles. The summed E-state index contributed by atoms with van der Waals surface area (Å²) in [6.07, 6.45) is 0.594. The fraction of sp³-hybridized carbons (Fsp3) is 0.250. The molecule has 1 atom stereocenters. The summed E-state index contributed by atoms with van der Waals surface area (Å²) in [6.45, 7) is 0.587. The molecule has 2 aromatic rings. The van der Waals surface area contributed by atoms with Gasteiger partial charge in [0.1, 0.15) is 5.69 Å². The molecule has 1 saturated heterocycles. The van der Waals surface area contributed by atoms with Gasteiger partial charge in [0, 0.05) is 39.0 Å². The van der Waals surface area contributed by atoms with Gasteiger partial charge in [-0.2, -0.15) is 4.31 Å². The van der Waals surface area contributed by atoms with Gasteiger partial charge >= 0.3 is 0 Å². The average Bonchev–Trinajstić information content (AvgIpc) is 3.01. The first-order valence-corrected chi connectivity index (χ1v) is 10.7. The lowest BCUT2D eigenvalue weighted by molar-refractivity contribution is 0.471. The minimum Gasteiger partial charge on any atom is -0.326 e. The molecule has 0 bridgehead atoms. The van der Waals surface area contributed by atoms with Crippen molar-refractivity contribution >= 4 is 50.7 Å². The fourth-order valence-electron chi connectivity index (χ4n) is 2.67. The van der Waals surface area contributed by atoms with Crippen molar-refractivity contribution in [3.05, 3.63) is 51.4 Å². The Morgan fingerprint density at radius 3 is 2.42 bits per heavy atom. The topological polar surface area (TPSA) is 92.8 Å². The predicted octanol–water partition coefficient (Wildman–Crippen LogP) is 4.26. The van der Waals surface area contributed by atoms with Crippen LogP contribution in [0.3, 0.4) is 0 Å². The molecule has 138 valence electrons. The van der Waals surface area contributed by atoms with Crippen LogP contribution in [-0.2, 0) is 10.0 Å². The van der Waals surface area contributed by atoms with Gasteiger partial charge < -0.3 is 5.73 Å². The van der Waals surface area contributed by atoms with Crippen molar-refractivity contribution in [1.82, 2.24) is 4.31 Å². The highest BCUT2D eigenvalue weighted by atomic mass is 35.5. The number of nitrogens with zero attached hydrogens (tertiary/aromatic N) is 2. The fourth-order valence-corrected chi connectivity index (χ4v) is 6.29. The van der Waals surface area contributed by atoms with E-state index < -0.39 is 10.0 Å². The smallest absolute Gasteiger partial charge is 0.244 e. The molecule has 0 radical (unpaired) electrons. The monoisotopic (exact) mass is 431 g/mol. The van der Waals surface area contributed by atoms with Crippen molar-refractivity contribution < 1.29 is 8.42 Å². The highest BCUT2D eigenvalue weighted by Gasteiger charge is 2.33. The Hall–Kier alpha value is -1.16. The molecule has 0 unspecified atom stereocenters. The van der Waals surface area contributed by atoms with Crippen LogP contribution in [0.2, 0.25) is 10.0 Å². The maximum atomic E-state index is 13.1. The molecule has 3 rings (SSSR count). The van der Waals surface area contributed by atoms with E-state index in [1.165, 1.54) is 28.2 Å². The lowest BCUT2D eigenvalue weighted by atomic mass is 10.3. The van der Waals surface area contributed by atoms with Gasteiger partial charge in [0.05, 0.1) is 4.90 Å². The van der Waals surface area contributed by atoms with Crippen molar-refractivity contribution in [3.63, 3.8) is 0 Å². The molecule has 0 aromatic heterocycles. The van der Waals surface area contributed by atoms with Crippen molar-refractivity contribution in [3.8, 4) is 0 Å². The molecule has 1 heterocycles. The molecule has 0 saturated carbocycles. The number of halogens is 2. The third kappa shape index (κ3) is 4.21. The van der Waals surface area contributed by atoms with Gasteiger partial charge in [-0.25, -0.2) is 8.42 Å². The van der Waals surface area contributed by atoms with Crippen LogP contribution < -0.4 is 5.73 Å². The average molecular weight is 432 g/mol. The van der Waals surface area contributed by atoms with E-state index in [1.807, 2.05) is 0 Å². The van der Waals surface area contributed by atoms with Gasteiger partial charge in [-0.1, -0.05) is 35.0 Å². The molecule has 1 aliphatic rings. The van der Waals surface area contributed by atoms with E-state index in [2.05, 4.69) is 5.18 Å². The first kappa shape index (κ1) is 19.6. The second-order valence-corrected chi connectivity index (χ2v) is 9.74. The normalized spacial score (nSPS) is 18.2. The maximum absolute atomic E-state index is 13.1. The minimum absolute atomic E-state index is 0.0183. The van der Waals surface area contributed by atoms with Crippen molar-refractivity contribution in [2.45, 2.75) is 27.1 Å². The van der Waals surface area contributed by atoms with Crippen LogP contribution in [-0.4, -0.2) is 31.9 Å². The van der Waals surface area contributed by atoms with E-state index in [4.69, 9.17) is 28.9 Å². The predicted molar refractivity (Wildman–Crippen MR) is 104 cm³/mol. The standard InChI is InChI=1S/C16H15Cl2N3O3S2/c17-10-5-11(18)7-14(6-10)25-15-2-1-13(20-22)8-16(15)26(23,24)21-4-3-12(19)9-21/h1-2,5-8,12H,3-4,9,19H2/t12-/m1/s1. The number of sulfonamides is 1. The van der Waals surface area contributed by atoms with E-state index in [-0.39, 0.29) is 23.2 Å². The summed E-state index contributed by atoms with van der Waals surface area (Å²) in [4.78, 5) is 12.1. The summed E-state index contributed by atoms with van der Waals surface area (Å²) in [6, 6.07) is 9.07. The molecular weight excluding hydrogens is 417 g/mol. The Bertz CT molecular complexity index is 934. The third-order valence-electron chi connectivity index (χ3n) is 3.90. The quantitative estimate of drug-likeness (QED) is 0.713. The number of nitroso groups, excluding NO2 is 1. The van der Waals surface area contributed by atoms with Gasteiger partial charge in [0.15, 0.2) is 0 Å². The highest BCUT2D eigenvalue weighted by Crippen LogP contribution is 2.38. The molecule has 0 amide bonds. The summed E-state index contributed by atoms with van der Waals surface area (Å²) >= 11 is 13.2. The lowest BCUT2D eigenvalue weighted by Crippen LogP contribution is -2.32. The van der Waals surface area contributed by atoms with Crippen LogP contribution in [0.15, 0.2) is 56.3 Å². The Morgan fingerprint density at radius 1 is 1.15 bits per heavy atom. The number of rotatable bonds is 5. The maximum Gasteiger partial charge on any atom is 0.244 e. The van der Waals surface area contributed by atoms with Gasteiger partial charge in [0.25, 0.3) is 0 Å². The zero-order valence-corrected chi connectivity index (χ0v) is 16.6. The van der Waals surface area contributed by atoms with Crippen LogP contribution in [0.25, 0.3) is 0 Å². The second-order valence-electron chi connectivity index (χ2n) is 5.84. The van der Waals surface area contributed by atoms with Crippen LogP contribution in [0.4, 0.5) is 5.69 Å². The van der Waals surface area contributed by atoms with Crippen LogP contribution >= 0.6 is 35.0 Å². The zero-order chi connectivity index (χ0) is 18.9. The molecule has 26 heavy (non-hydrogen) atoms. The SMILES string of the molecule is N[C@@H]1CCN(S(=O)(=O)c2cc(N=O)ccc2Sc2cc(Cl)cc(Cl)c2)C1. The summed E-state index contributed by atoms with van der Waals surface area (Å²) in [5, 5.41) is 3.74. The Labute approximate surface area is 165 Å². The molecule has 0 spiro atoms. The molecule has 1 fully saturated rings. The van der Waals surface area contributed by atoms with E-state index in [0.29, 0.717) is 32.8 Å². The first-order valence-electron chi connectivity index (χ1n) is 7.66. The zero-order valence-electron chi connectivity index (χ0n) is 13.4. The molecule has 6 nitrogen and oxygen atoms in total. The number of nitrogens with two attached hydrogens (primary N) is 1. The molecule has 0 aliphatic carbocycles. The Balaban J connectivity index is 2.04. The minimum atomic E-state index is -3.81. The van der Waals surface area contributed by atoms with Crippen LogP contribution in [0.5, 0.6) is 0 Å². The second kappa shape index (κ2) is 7.84. The molecule has 2 N–H and O–H groups in total. The van der Waals surface area contributed by atoms with E-state index in [1.54, 1.807) is 24.3 Å². The summed E-state index contributed by atoms with van der Waals surface area (Å²) in [5.74, 6) is 0. The van der Waals surface area contributed by atoms with Gasteiger partial charge in [0.2, 0.25) is 10.0 Å². The lowest BCUT2D eigenvalue weighted by Gasteiger charge is -2.18. The van der Waals surface area contributed by atoms with E-state index >= 15 is 0 Å². The van der Waals surface area contributed by atoms with Crippen LogP contribution in [0, 0.1) is 4.91 Å². The number of benzene rings is 2. The van der Waals surface area contributed by atoms with Crippen molar-refractivity contribution in [1.29, 1.82) is 0 Å². The third-order valence-corrected chi connectivity index (χ3v) is 7.42. The van der Waals surface area contributed by atoms with Crippen molar-refractivity contribution in [2.75, 3.05) is 13.1 Å². The number of hydrogen-bond acceptors (Lipinski definition) is 6. The number of hydrogen-bond donors (Lipinski definition) is 1. The van der Waals surface area contributed by atoms with E-state index in [9.17, 15) is 13.3 Å².